The van der Waals surface area contributed by atoms with E-state index in [2.05, 4.69) is 10.1 Å². The van der Waals surface area contributed by atoms with E-state index in [1.165, 1.54) is 12.1 Å². The summed E-state index contributed by atoms with van der Waals surface area (Å²) in [5.74, 6) is 0.329. The number of hydrogen-bond donors (Lipinski definition) is 0. The number of nitrogens with zero attached hydrogens (tertiary/aromatic N) is 2. The molecular weight excluding hydrogens is 411 g/mol. The van der Waals surface area contributed by atoms with Gasteiger partial charge in [-0.2, -0.15) is 0 Å². The van der Waals surface area contributed by atoms with Crippen molar-refractivity contribution in [2.45, 2.75) is 26.6 Å². The molecule has 7 heteroatoms. The topological polar surface area (TPSA) is 74.5 Å². The van der Waals surface area contributed by atoms with Gasteiger partial charge in [-0.05, 0) is 62.4 Å². The minimum atomic E-state index is -0.838. The highest BCUT2D eigenvalue weighted by atomic mass is 19.1. The predicted octanol–water partition coefficient (Wildman–Crippen LogP) is 5.35. The van der Waals surface area contributed by atoms with E-state index in [0.29, 0.717) is 34.9 Å². The summed E-state index contributed by atoms with van der Waals surface area (Å²) in [5, 5.41) is 3.90. The van der Waals surface area contributed by atoms with Crippen molar-refractivity contribution in [1.82, 2.24) is 10.1 Å². The highest BCUT2D eigenvalue weighted by Crippen LogP contribution is 2.27. The van der Waals surface area contributed by atoms with Crippen molar-refractivity contribution in [2.75, 3.05) is 0 Å². The largest absolute Gasteiger partial charge is 0.489 e. The Kier molecular flexibility index (Phi) is 6.26. The SMILES string of the molecule is Cc1noc(C)c1COc1ccc(C(=O)OC(c2cccc(F)c2)c2ccccn2)cc1. The Morgan fingerprint density at radius 1 is 1.06 bits per heavy atom. The lowest BCUT2D eigenvalue weighted by atomic mass is 10.1. The van der Waals surface area contributed by atoms with Crippen molar-refractivity contribution in [3.8, 4) is 5.75 Å². The second kappa shape index (κ2) is 9.43. The second-order valence-corrected chi connectivity index (χ2v) is 7.21. The number of aryl methyl sites for hydroxylation is 2. The van der Waals surface area contributed by atoms with Gasteiger partial charge in [0.2, 0.25) is 0 Å². The Morgan fingerprint density at radius 2 is 1.88 bits per heavy atom. The first-order valence-electron chi connectivity index (χ1n) is 10.0. The van der Waals surface area contributed by atoms with E-state index in [-0.39, 0.29) is 0 Å². The Balaban J connectivity index is 1.48. The molecule has 0 aliphatic heterocycles. The third-order valence-electron chi connectivity index (χ3n) is 4.99. The molecule has 0 spiro atoms. The molecule has 0 radical (unpaired) electrons. The van der Waals surface area contributed by atoms with Crippen LogP contribution in [0.4, 0.5) is 4.39 Å². The minimum Gasteiger partial charge on any atom is -0.489 e. The van der Waals surface area contributed by atoms with Gasteiger partial charge in [0.05, 0.1) is 22.5 Å². The summed E-state index contributed by atoms with van der Waals surface area (Å²) in [4.78, 5) is 17.1. The average Bonchev–Trinajstić information content (AvgIpc) is 3.14. The van der Waals surface area contributed by atoms with Gasteiger partial charge in [0.15, 0.2) is 6.10 Å². The number of pyridine rings is 1. The average molecular weight is 432 g/mol. The van der Waals surface area contributed by atoms with Crippen LogP contribution in [0, 0.1) is 19.7 Å². The van der Waals surface area contributed by atoms with Gasteiger partial charge in [0, 0.05) is 11.8 Å². The number of benzene rings is 2. The number of hydrogen-bond acceptors (Lipinski definition) is 6. The molecule has 0 saturated carbocycles. The van der Waals surface area contributed by atoms with Gasteiger partial charge in [-0.1, -0.05) is 23.4 Å². The molecule has 2 heterocycles. The maximum absolute atomic E-state index is 13.8. The van der Waals surface area contributed by atoms with E-state index in [9.17, 15) is 9.18 Å². The normalized spacial score (nSPS) is 11.7. The molecule has 2 aromatic carbocycles. The zero-order chi connectivity index (χ0) is 22.5. The van der Waals surface area contributed by atoms with Crippen molar-refractivity contribution in [3.63, 3.8) is 0 Å². The molecular formula is C25H21FN2O4. The number of aromatic nitrogens is 2. The van der Waals surface area contributed by atoms with Crippen molar-refractivity contribution < 1.29 is 23.2 Å². The molecule has 0 bridgehead atoms. The predicted molar refractivity (Wildman–Crippen MR) is 115 cm³/mol. The molecule has 162 valence electrons. The van der Waals surface area contributed by atoms with Crippen LogP contribution in [-0.2, 0) is 11.3 Å². The summed E-state index contributed by atoms with van der Waals surface area (Å²) in [7, 11) is 0. The second-order valence-electron chi connectivity index (χ2n) is 7.21. The van der Waals surface area contributed by atoms with Crippen LogP contribution in [-0.4, -0.2) is 16.1 Å². The Labute approximate surface area is 184 Å². The molecule has 1 atom stereocenters. The van der Waals surface area contributed by atoms with Gasteiger partial charge < -0.3 is 14.0 Å². The molecule has 32 heavy (non-hydrogen) atoms. The number of carbonyl (C=O) groups excluding carboxylic acids is 1. The molecule has 0 aliphatic carbocycles. The summed E-state index contributed by atoms with van der Waals surface area (Å²) in [6, 6.07) is 17.8. The van der Waals surface area contributed by atoms with E-state index in [1.54, 1.807) is 60.8 Å². The van der Waals surface area contributed by atoms with Crippen LogP contribution in [0.25, 0.3) is 0 Å². The van der Waals surface area contributed by atoms with Gasteiger partial charge in [0.25, 0.3) is 0 Å². The number of halogens is 1. The molecule has 0 N–H and O–H groups in total. The summed E-state index contributed by atoms with van der Waals surface area (Å²) in [5.41, 5.74) is 3.01. The van der Waals surface area contributed by atoms with Crippen LogP contribution in [0.15, 0.2) is 77.4 Å². The van der Waals surface area contributed by atoms with Gasteiger partial charge in [-0.25, -0.2) is 9.18 Å². The fourth-order valence-corrected chi connectivity index (χ4v) is 3.23. The van der Waals surface area contributed by atoms with Gasteiger partial charge in [-0.3, -0.25) is 4.98 Å². The van der Waals surface area contributed by atoms with Gasteiger partial charge in [-0.15, -0.1) is 0 Å². The molecule has 2 aromatic heterocycles. The quantitative estimate of drug-likeness (QED) is 0.367. The maximum Gasteiger partial charge on any atom is 0.339 e. The first-order chi connectivity index (χ1) is 15.5. The molecule has 0 amide bonds. The standard InChI is InChI=1S/C25H21FN2O4/c1-16-22(17(2)32-28-16)15-30-21-11-9-18(10-12-21)25(29)31-24(23-8-3-4-13-27-23)19-6-5-7-20(26)14-19/h3-14,24H,15H2,1-2H3. The van der Waals surface area contributed by atoms with Gasteiger partial charge in [0.1, 0.15) is 23.9 Å². The molecule has 0 saturated heterocycles. The van der Waals surface area contributed by atoms with Crippen LogP contribution in [0.1, 0.15) is 44.7 Å². The summed E-state index contributed by atoms with van der Waals surface area (Å²) in [6.07, 6.45) is 0.760. The molecule has 4 rings (SSSR count). The molecule has 0 aliphatic rings. The highest BCUT2D eigenvalue weighted by Gasteiger charge is 2.22. The fourth-order valence-electron chi connectivity index (χ4n) is 3.23. The van der Waals surface area contributed by atoms with E-state index >= 15 is 0 Å². The van der Waals surface area contributed by atoms with Crippen LogP contribution in [0.5, 0.6) is 5.75 Å². The van der Waals surface area contributed by atoms with Crippen LogP contribution < -0.4 is 4.74 Å². The third-order valence-corrected chi connectivity index (χ3v) is 4.99. The highest BCUT2D eigenvalue weighted by molar-refractivity contribution is 5.89. The van der Waals surface area contributed by atoms with E-state index in [1.807, 2.05) is 13.8 Å². The number of esters is 1. The summed E-state index contributed by atoms with van der Waals surface area (Å²) < 4.78 is 30.4. The lowest BCUT2D eigenvalue weighted by molar-refractivity contribution is 0.0370. The van der Waals surface area contributed by atoms with E-state index < -0.39 is 17.9 Å². The summed E-state index contributed by atoms with van der Waals surface area (Å²) >= 11 is 0. The number of rotatable bonds is 7. The van der Waals surface area contributed by atoms with Crippen molar-refractivity contribution in [1.29, 1.82) is 0 Å². The Bertz CT molecular complexity index is 1190. The van der Waals surface area contributed by atoms with E-state index in [4.69, 9.17) is 14.0 Å². The zero-order valence-electron chi connectivity index (χ0n) is 17.6. The maximum atomic E-state index is 13.8. The van der Waals surface area contributed by atoms with Crippen molar-refractivity contribution >= 4 is 5.97 Å². The first kappa shape index (κ1) is 21.2. The summed E-state index contributed by atoms with van der Waals surface area (Å²) in [6.45, 7) is 3.99. The first-order valence-corrected chi connectivity index (χ1v) is 10.0. The minimum absolute atomic E-state index is 0.312. The van der Waals surface area contributed by atoms with E-state index in [0.717, 1.165) is 11.3 Å². The Hall–Kier alpha value is -4.00. The number of carbonyl (C=O) groups is 1. The molecule has 1 unspecified atom stereocenters. The molecule has 0 fully saturated rings. The molecule has 4 aromatic rings. The van der Waals surface area contributed by atoms with Gasteiger partial charge >= 0.3 is 5.97 Å². The lowest BCUT2D eigenvalue weighted by Crippen LogP contribution is -2.14. The van der Waals surface area contributed by atoms with Crippen LogP contribution in [0.2, 0.25) is 0 Å². The monoisotopic (exact) mass is 432 g/mol. The molecule has 6 nitrogen and oxygen atoms in total. The van der Waals surface area contributed by atoms with Crippen LogP contribution in [0.3, 0.4) is 0 Å². The number of ether oxygens (including phenoxy) is 2. The Morgan fingerprint density at radius 3 is 2.53 bits per heavy atom. The van der Waals surface area contributed by atoms with Crippen molar-refractivity contribution in [3.05, 3.63) is 113 Å². The van der Waals surface area contributed by atoms with Crippen molar-refractivity contribution in [2.24, 2.45) is 0 Å². The zero-order valence-corrected chi connectivity index (χ0v) is 17.6. The third kappa shape index (κ3) is 4.83. The lowest BCUT2D eigenvalue weighted by Gasteiger charge is -2.18. The smallest absolute Gasteiger partial charge is 0.339 e. The fraction of sp³-hybridized carbons (Fsp3) is 0.160. The van der Waals surface area contributed by atoms with Crippen LogP contribution >= 0.6 is 0 Å².